The Balaban J connectivity index is 2.67. The number of aliphatic hydroxyl groups excluding tert-OH is 1. The topological polar surface area (TPSA) is 57.6 Å². The number of rotatable bonds is 5. The van der Waals surface area contributed by atoms with Crippen LogP contribution in [-0.2, 0) is 9.59 Å². The largest absolute Gasteiger partial charge is 0.396 e. The molecule has 0 radical (unpaired) electrons. The molecule has 0 bridgehead atoms. The molecule has 1 aliphatic rings. The highest BCUT2D eigenvalue weighted by Crippen LogP contribution is 2.32. The smallest absolute Gasteiger partial charge is 0.235 e. The molecule has 4 heteroatoms. The van der Waals surface area contributed by atoms with Gasteiger partial charge in [0, 0.05) is 19.6 Å². The van der Waals surface area contributed by atoms with E-state index >= 15 is 0 Å². The summed E-state index contributed by atoms with van der Waals surface area (Å²) in [5.41, 5.74) is -0.547. The van der Waals surface area contributed by atoms with Crippen molar-refractivity contribution in [2.24, 2.45) is 11.3 Å². The minimum Gasteiger partial charge on any atom is -0.396 e. The Hall–Kier alpha value is -0.900. The van der Waals surface area contributed by atoms with Gasteiger partial charge in [-0.25, -0.2) is 0 Å². The predicted octanol–water partition coefficient (Wildman–Crippen LogP) is 1.18. The lowest BCUT2D eigenvalue weighted by atomic mass is 9.92. The van der Waals surface area contributed by atoms with Gasteiger partial charge in [-0.3, -0.25) is 14.5 Å². The van der Waals surface area contributed by atoms with Crippen LogP contribution in [0, 0.1) is 11.3 Å². The molecule has 1 rings (SSSR count). The molecule has 0 aliphatic carbocycles. The Kier molecular flexibility index (Phi) is 4.08. The molecule has 0 aromatic heterocycles. The third kappa shape index (κ3) is 2.61. The van der Waals surface area contributed by atoms with Crippen molar-refractivity contribution >= 4 is 11.8 Å². The third-order valence-electron chi connectivity index (χ3n) is 3.27. The molecule has 1 unspecified atom stereocenters. The zero-order chi connectivity index (χ0) is 12.3. The summed E-state index contributed by atoms with van der Waals surface area (Å²) >= 11 is 0. The Labute approximate surface area is 96.6 Å². The number of carbonyl (C=O) groups excluding carboxylic acids is 2. The fourth-order valence-corrected chi connectivity index (χ4v) is 2.08. The summed E-state index contributed by atoms with van der Waals surface area (Å²) in [6.45, 7) is 6.19. The maximum Gasteiger partial charge on any atom is 0.235 e. The number of nitrogens with zero attached hydrogens (tertiary/aromatic N) is 1. The molecule has 0 aromatic rings. The van der Waals surface area contributed by atoms with Gasteiger partial charge in [0.15, 0.2) is 0 Å². The number of hydrogen-bond donors (Lipinski definition) is 1. The normalized spacial score (nSPS) is 21.6. The van der Waals surface area contributed by atoms with Gasteiger partial charge in [0.2, 0.25) is 11.8 Å². The molecular weight excluding hydrogens is 206 g/mol. The van der Waals surface area contributed by atoms with Gasteiger partial charge in [0.1, 0.15) is 0 Å². The first-order valence-corrected chi connectivity index (χ1v) is 5.88. The maximum atomic E-state index is 11.9. The minimum absolute atomic E-state index is 0.0751. The molecule has 92 valence electrons. The molecule has 4 nitrogen and oxygen atoms in total. The standard InChI is InChI=1S/C12H21NO3/c1-4-9(5-6-14)8-13-10(15)7-12(2,3)11(13)16/h9,14H,4-8H2,1-3H3. The SMILES string of the molecule is CCC(CCO)CN1C(=O)CC(C)(C)C1=O. The third-order valence-corrected chi connectivity index (χ3v) is 3.27. The number of hydrogen-bond acceptors (Lipinski definition) is 3. The van der Waals surface area contributed by atoms with Crippen LogP contribution in [0.4, 0.5) is 0 Å². The summed E-state index contributed by atoms with van der Waals surface area (Å²) in [5.74, 6) is 0.0621. The molecule has 2 amide bonds. The fourth-order valence-electron chi connectivity index (χ4n) is 2.08. The summed E-state index contributed by atoms with van der Waals surface area (Å²) in [6.07, 6.45) is 1.83. The van der Waals surface area contributed by atoms with Crippen molar-refractivity contribution in [3.8, 4) is 0 Å². The van der Waals surface area contributed by atoms with Crippen molar-refractivity contribution in [2.45, 2.75) is 40.0 Å². The van der Waals surface area contributed by atoms with E-state index in [1.54, 1.807) is 13.8 Å². The Morgan fingerprint density at radius 2 is 2.06 bits per heavy atom. The van der Waals surface area contributed by atoms with Crippen molar-refractivity contribution < 1.29 is 14.7 Å². The van der Waals surface area contributed by atoms with E-state index in [2.05, 4.69) is 0 Å². The lowest BCUT2D eigenvalue weighted by molar-refractivity contribution is -0.141. The van der Waals surface area contributed by atoms with Gasteiger partial charge in [-0.05, 0) is 12.3 Å². The lowest BCUT2D eigenvalue weighted by Gasteiger charge is -2.22. The second-order valence-electron chi connectivity index (χ2n) is 5.16. The zero-order valence-electron chi connectivity index (χ0n) is 10.3. The van der Waals surface area contributed by atoms with Crippen LogP contribution in [0.2, 0.25) is 0 Å². The summed E-state index contributed by atoms with van der Waals surface area (Å²) < 4.78 is 0. The quantitative estimate of drug-likeness (QED) is 0.717. The molecule has 1 N–H and O–H groups in total. The van der Waals surface area contributed by atoms with E-state index in [0.29, 0.717) is 19.4 Å². The highest BCUT2D eigenvalue weighted by molar-refractivity contribution is 6.05. The Morgan fingerprint density at radius 3 is 2.44 bits per heavy atom. The first kappa shape index (κ1) is 13.2. The summed E-state index contributed by atoms with van der Waals surface area (Å²) in [5, 5.41) is 8.89. The first-order valence-electron chi connectivity index (χ1n) is 5.88. The van der Waals surface area contributed by atoms with Crippen LogP contribution < -0.4 is 0 Å². The molecule has 1 heterocycles. The average Bonchev–Trinajstić information content (AvgIpc) is 2.39. The summed E-state index contributed by atoms with van der Waals surface area (Å²) in [6, 6.07) is 0. The average molecular weight is 227 g/mol. The van der Waals surface area contributed by atoms with E-state index in [9.17, 15) is 9.59 Å². The van der Waals surface area contributed by atoms with E-state index in [-0.39, 0.29) is 24.3 Å². The second kappa shape index (κ2) is 4.95. The van der Waals surface area contributed by atoms with Crippen molar-refractivity contribution in [1.82, 2.24) is 4.90 Å². The molecule has 1 fully saturated rings. The Bertz CT molecular complexity index is 286. The number of aliphatic hydroxyl groups is 1. The molecule has 0 saturated carbocycles. The lowest BCUT2D eigenvalue weighted by Crippen LogP contribution is -2.37. The highest BCUT2D eigenvalue weighted by atomic mass is 16.3. The number of carbonyl (C=O) groups is 2. The first-order chi connectivity index (χ1) is 7.42. The fraction of sp³-hybridized carbons (Fsp3) is 0.833. The van der Waals surface area contributed by atoms with E-state index in [1.807, 2.05) is 6.92 Å². The zero-order valence-corrected chi connectivity index (χ0v) is 10.3. The van der Waals surface area contributed by atoms with Gasteiger partial charge >= 0.3 is 0 Å². The van der Waals surface area contributed by atoms with Gasteiger partial charge in [-0.15, -0.1) is 0 Å². The van der Waals surface area contributed by atoms with Gasteiger partial charge in [0.25, 0.3) is 0 Å². The molecule has 0 spiro atoms. The molecular formula is C12H21NO3. The molecule has 0 aromatic carbocycles. The van der Waals surface area contributed by atoms with Crippen LogP contribution in [0.5, 0.6) is 0 Å². The van der Waals surface area contributed by atoms with E-state index in [1.165, 1.54) is 4.90 Å². The number of imide groups is 1. The van der Waals surface area contributed by atoms with Gasteiger partial charge in [-0.1, -0.05) is 27.2 Å². The molecule has 1 atom stereocenters. The number of likely N-dealkylation sites (tertiary alicyclic amines) is 1. The van der Waals surface area contributed by atoms with Crippen molar-refractivity contribution in [3.63, 3.8) is 0 Å². The molecule has 16 heavy (non-hydrogen) atoms. The minimum atomic E-state index is -0.547. The highest BCUT2D eigenvalue weighted by Gasteiger charge is 2.44. The number of amides is 2. The van der Waals surface area contributed by atoms with Crippen LogP contribution in [0.15, 0.2) is 0 Å². The van der Waals surface area contributed by atoms with Crippen LogP contribution in [-0.4, -0.2) is 35.0 Å². The van der Waals surface area contributed by atoms with Crippen LogP contribution in [0.1, 0.15) is 40.0 Å². The molecule has 1 aliphatic heterocycles. The van der Waals surface area contributed by atoms with Crippen molar-refractivity contribution in [2.75, 3.05) is 13.2 Å². The molecule has 1 saturated heterocycles. The predicted molar refractivity (Wildman–Crippen MR) is 60.6 cm³/mol. The van der Waals surface area contributed by atoms with Gasteiger partial charge in [0.05, 0.1) is 5.41 Å². The summed E-state index contributed by atoms with van der Waals surface area (Å²) in [7, 11) is 0. The van der Waals surface area contributed by atoms with Gasteiger partial charge in [-0.2, -0.15) is 0 Å². The monoisotopic (exact) mass is 227 g/mol. The van der Waals surface area contributed by atoms with E-state index < -0.39 is 5.41 Å². The van der Waals surface area contributed by atoms with Gasteiger partial charge < -0.3 is 5.11 Å². The van der Waals surface area contributed by atoms with Crippen LogP contribution in [0.3, 0.4) is 0 Å². The Morgan fingerprint density at radius 1 is 1.44 bits per heavy atom. The van der Waals surface area contributed by atoms with E-state index in [0.717, 1.165) is 6.42 Å². The van der Waals surface area contributed by atoms with Crippen LogP contribution in [0.25, 0.3) is 0 Å². The second-order valence-corrected chi connectivity index (χ2v) is 5.16. The van der Waals surface area contributed by atoms with E-state index in [4.69, 9.17) is 5.11 Å². The summed E-state index contributed by atoms with van der Waals surface area (Å²) in [4.78, 5) is 25.0. The van der Waals surface area contributed by atoms with Crippen molar-refractivity contribution in [1.29, 1.82) is 0 Å². The van der Waals surface area contributed by atoms with Crippen LogP contribution >= 0.6 is 0 Å². The van der Waals surface area contributed by atoms with Crippen molar-refractivity contribution in [3.05, 3.63) is 0 Å². The maximum absolute atomic E-state index is 11.9.